The van der Waals surface area contributed by atoms with E-state index in [2.05, 4.69) is 20.9 Å². The third-order valence-electron chi connectivity index (χ3n) is 3.98. The maximum atomic E-state index is 14.7. The van der Waals surface area contributed by atoms with Crippen LogP contribution in [0.2, 0.25) is 0 Å². The number of esters is 1. The van der Waals surface area contributed by atoms with E-state index in [1.165, 1.54) is 24.5 Å². The Kier molecular flexibility index (Phi) is 5.24. The SMILES string of the molecule is CC(=O)OC1c2c(S(C)(=O)=O)ccc(Oc3cncc(Br)c3)c2[C@H](O)C1F. The molecule has 7 nitrogen and oxygen atoms in total. The summed E-state index contributed by atoms with van der Waals surface area (Å²) in [5, 5.41) is 10.4. The highest BCUT2D eigenvalue weighted by Gasteiger charge is 2.47. The Morgan fingerprint density at radius 2 is 2.00 bits per heavy atom. The van der Waals surface area contributed by atoms with Crippen LogP contribution in [0.5, 0.6) is 11.5 Å². The Morgan fingerprint density at radius 3 is 2.59 bits per heavy atom. The molecular weight excluding hydrogens is 445 g/mol. The summed E-state index contributed by atoms with van der Waals surface area (Å²) in [6, 6.07) is 4.15. The standard InChI is InChI=1S/C17H15BrFNO6S/c1-8(21)25-17-14-12(27(2,23)24)4-3-11(13(14)16(22)15(17)19)26-10-5-9(18)6-20-7-10/h3-7,15-17,22H,1-2H3/t15?,16-,17?/m0/s1. The number of rotatable bonds is 4. The van der Waals surface area contributed by atoms with Gasteiger partial charge >= 0.3 is 5.97 Å². The predicted molar refractivity (Wildman–Crippen MR) is 95.9 cm³/mol. The van der Waals surface area contributed by atoms with Gasteiger partial charge in [0.05, 0.1) is 11.1 Å². The first kappa shape index (κ1) is 19.7. The van der Waals surface area contributed by atoms with Crippen LogP contribution in [0.3, 0.4) is 0 Å². The Balaban J connectivity index is 2.19. The molecule has 0 spiro atoms. The first-order chi connectivity index (χ1) is 12.6. The number of fused-ring (bicyclic) bond motifs is 1. The largest absolute Gasteiger partial charge is 0.455 e. The normalized spacial score (nSPS) is 21.6. The number of alkyl halides is 1. The number of carbonyl (C=O) groups is 1. The van der Waals surface area contributed by atoms with Crippen LogP contribution in [0.1, 0.15) is 30.3 Å². The summed E-state index contributed by atoms with van der Waals surface area (Å²) in [4.78, 5) is 15.1. The Hall–Kier alpha value is -2.04. The third kappa shape index (κ3) is 3.83. The topological polar surface area (TPSA) is 103 Å². The molecule has 3 atom stereocenters. The van der Waals surface area contributed by atoms with Gasteiger partial charge in [0.25, 0.3) is 0 Å². The highest BCUT2D eigenvalue weighted by atomic mass is 79.9. The Morgan fingerprint density at radius 1 is 1.30 bits per heavy atom. The molecule has 1 aliphatic carbocycles. The number of halogens is 2. The lowest BCUT2D eigenvalue weighted by Gasteiger charge is -2.17. The summed E-state index contributed by atoms with van der Waals surface area (Å²) in [5.41, 5.74) is -0.190. The average Bonchev–Trinajstić information content (AvgIpc) is 2.79. The molecule has 2 unspecified atom stereocenters. The van der Waals surface area contributed by atoms with Crippen LogP contribution >= 0.6 is 15.9 Å². The number of carbonyl (C=O) groups excluding carboxylic acids is 1. The number of aliphatic hydroxyl groups excluding tert-OH is 1. The molecule has 1 heterocycles. The van der Waals surface area contributed by atoms with Crippen LogP contribution in [0.4, 0.5) is 4.39 Å². The number of nitrogens with zero attached hydrogens (tertiary/aromatic N) is 1. The third-order valence-corrected chi connectivity index (χ3v) is 5.57. The van der Waals surface area contributed by atoms with Gasteiger partial charge in [-0.25, -0.2) is 12.8 Å². The lowest BCUT2D eigenvalue weighted by Crippen LogP contribution is -2.19. The van der Waals surface area contributed by atoms with E-state index in [0.29, 0.717) is 4.47 Å². The van der Waals surface area contributed by atoms with Gasteiger partial charge in [-0.15, -0.1) is 0 Å². The van der Waals surface area contributed by atoms with Crippen molar-refractivity contribution in [3.63, 3.8) is 0 Å². The van der Waals surface area contributed by atoms with Crippen LogP contribution in [0, 0.1) is 0 Å². The van der Waals surface area contributed by atoms with Crippen LogP contribution in [-0.4, -0.2) is 36.9 Å². The lowest BCUT2D eigenvalue weighted by molar-refractivity contribution is -0.151. The quantitative estimate of drug-likeness (QED) is 0.700. The second kappa shape index (κ2) is 7.17. The van der Waals surface area contributed by atoms with E-state index >= 15 is 0 Å². The molecule has 0 radical (unpaired) electrons. The van der Waals surface area contributed by atoms with Gasteiger partial charge in [-0.3, -0.25) is 9.78 Å². The maximum absolute atomic E-state index is 14.7. The zero-order chi connectivity index (χ0) is 19.9. The highest BCUT2D eigenvalue weighted by Crippen LogP contribution is 2.50. The van der Waals surface area contributed by atoms with Crippen LogP contribution in [0.15, 0.2) is 40.0 Å². The van der Waals surface area contributed by atoms with Crippen LogP contribution in [0.25, 0.3) is 0 Å². The van der Waals surface area contributed by atoms with Crippen molar-refractivity contribution in [2.24, 2.45) is 0 Å². The van der Waals surface area contributed by atoms with Gasteiger partial charge in [0.1, 0.15) is 17.6 Å². The summed E-state index contributed by atoms with van der Waals surface area (Å²) in [5.74, 6) is -0.469. The first-order valence-corrected chi connectivity index (χ1v) is 10.4. The number of aromatic nitrogens is 1. The van der Waals surface area contributed by atoms with Crippen LogP contribution < -0.4 is 4.74 Å². The van der Waals surface area contributed by atoms with E-state index in [9.17, 15) is 22.7 Å². The fourth-order valence-electron chi connectivity index (χ4n) is 2.97. The molecule has 1 aromatic heterocycles. The van der Waals surface area contributed by atoms with Crippen molar-refractivity contribution in [2.75, 3.05) is 6.26 Å². The molecule has 0 aliphatic heterocycles. The van der Waals surface area contributed by atoms with E-state index < -0.39 is 34.2 Å². The fourth-order valence-corrected chi connectivity index (χ4v) is 4.25. The Labute approximate surface area is 163 Å². The van der Waals surface area contributed by atoms with Crippen molar-refractivity contribution in [2.45, 2.75) is 30.2 Å². The van der Waals surface area contributed by atoms with E-state index in [0.717, 1.165) is 13.2 Å². The number of sulfone groups is 1. The van der Waals surface area contributed by atoms with Gasteiger partial charge in [-0.1, -0.05) is 0 Å². The van der Waals surface area contributed by atoms with E-state index in [1.54, 1.807) is 6.07 Å². The number of aliphatic hydroxyl groups is 1. The van der Waals surface area contributed by atoms with Gasteiger partial charge in [-0.05, 0) is 34.1 Å². The van der Waals surface area contributed by atoms with E-state index in [-0.39, 0.29) is 27.5 Å². The summed E-state index contributed by atoms with van der Waals surface area (Å²) < 4.78 is 50.3. The smallest absolute Gasteiger partial charge is 0.303 e. The molecule has 1 aromatic carbocycles. The molecule has 144 valence electrons. The summed E-state index contributed by atoms with van der Waals surface area (Å²) >= 11 is 3.25. The van der Waals surface area contributed by atoms with Crippen molar-refractivity contribution in [1.82, 2.24) is 4.98 Å². The zero-order valence-electron chi connectivity index (χ0n) is 14.2. The number of hydrogen-bond donors (Lipinski definition) is 1. The van der Waals surface area contributed by atoms with Crippen molar-refractivity contribution >= 4 is 31.7 Å². The molecule has 0 saturated heterocycles. The van der Waals surface area contributed by atoms with Gasteiger partial charge in [0, 0.05) is 35.0 Å². The summed E-state index contributed by atoms with van der Waals surface area (Å²) in [6.45, 7) is 1.07. The minimum absolute atomic E-state index is 0.0436. The van der Waals surface area contributed by atoms with Crippen molar-refractivity contribution in [1.29, 1.82) is 0 Å². The van der Waals surface area contributed by atoms with Crippen LogP contribution in [-0.2, 0) is 19.4 Å². The molecule has 10 heteroatoms. The predicted octanol–water partition coefficient (Wildman–Crippen LogP) is 3.03. The Bertz CT molecular complexity index is 1010. The van der Waals surface area contributed by atoms with Gasteiger partial charge in [0.2, 0.25) is 0 Å². The second-order valence-electron chi connectivity index (χ2n) is 6.02. The molecule has 0 amide bonds. The summed E-state index contributed by atoms with van der Waals surface area (Å²) in [7, 11) is -3.78. The molecule has 3 rings (SSSR count). The van der Waals surface area contributed by atoms with E-state index in [4.69, 9.17) is 9.47 Å². The van der Waals surface area contributed by atoms with E-state index in [1.807, 2.05) is 0 Å². The van der Waals surface area contributed by atoms with Crippen molar-refractivity contribution in [3.05, 3.63) is 46.2 Å². The average molecular weight is 460 g/mol. The van der Waals surface area contributed by atoms with Gasteiger partial charge < -0.3 is 14.6 Å². The van der Waals surface area contributed by atoms with Gasteiger partial charge in [0.15, 0.2) is 22.1 Å². The van der Waals surface area contributed by atoms with Crippen molar-refractivity contribution in [3.8, 4) is 11.5 Å². The molecule has 1 aliphatic rings. The zero-order valence-corrected chi connectivity index (χ0v) is 16.6. The molecule has 0 bridgehead atoms. The fraction of sp³-hybridized carbons (Fsp3) is 0.294. The monoisotopic (exact) mass is 459 g/mol. The maximum Gasteiger partial charge on any atom is 0.303 e. The molecule has 0 saturated carbocycles. The van der Waals surface area contributed by atoms with Crippen molar-refractivity contribution < 1.29 is 32.2 Å². The number of pyridine rings is 1. The minimum Gasteiger partial charge on any atom is -0.455 e. The number of benzene rings is 1. The highest BCUT2D eigenvalue weighted by molar-refractivity contribution is 9.10. The number of ether oxygens (including phenoxy) is 2. The second-order valence-corrected chi connectivity index (χ2v) is 8.92. The first-order valence-electron chi connectivity index (χ1n) is 7.74. The molecule has 0 fully saturated rings. The van der Waals surface area contributed by atoms with Gasteiger partial charge in [-0.2, -0.15) is 0 Å². The minimum atomic E-state index is -3.78. The molecule has 1 N–H and O–H groups in total. The number of hydrogen-bond acceptors (Lipinski definition) is 7. The summed E-state index contributed by atoms with van der Waals surface area (Å²) in [6.07, 6.45) is -1.42. The molecular formula is C17H15BrFNO6S. The molecule has 27 heavy (non-hydrogen) atoms. The lowest BCUT2D eigenvalue weighted by atomic mass is 10.1. The molecule has 2 aromatic rings.